The molecule has 4 nitrogen and oxygen atoms in total. The van der Waals surface area contributed by atoms with E-state index in [9.17, 15) is 4.79 Å². The number of nitriles is 1. The van der Waals surface area contributed by atoms with Gasteiger partial charge in [0.2, 0.25) is 5.76 Å². The molecule has 0 saturated heterocycles. The molecule has 0 aliphatic carbocycles. The van der Waals surface area contributed by atoms with Crippen LogP contribution in [0, 0.1) is 11.3 Å². The Labute approximate surface area is 144 Å². The number of aryl methyl sites for hydroxylation is 1. The molecule has 0 aliphatic heterocycles. The number of benzene rings is 2. The lowest BCUT2D eigenvalue weighted by Gasteiger charge is -2.08. The number of nitrogens with zero attached hydrogens (tertiary/aromatic N) is 1. The first kappa shape index (κ1) is 16.1. The average molecular weight is 339 g/mol. The molecule has 0 bridgehead atoms. The topological polar surface area (TPSA) is 66.0 Å². The first-order valence-electron chi connectivity index (χ1n) is 7.64. The number of nitrogens with one attached hydrogen (secondary N) is 1. The molecular weight excluding hydrogens is 324 g/mol. The molecule has 0 radical (unpaired) electrons. The van der Waals surface area contributed by atoms with Crippen molar-refractivity contribution in [3.05, 3.63) is 64.4 Å². The Morgan fingerprint density at radius 2 is 2.08 bits per heavy atom. The molecule has 0 spiro atoms. The maximum atomic E-state index is 12.4. The lowest BCUT2D eigenvalue weighted by atomic mass is 10.1. The molecule has 0 fully saturated rings. The number of fused-ring (bicyclic) bond motifs is 1. The zero-order valence-electron chi connectivity index (χ0n) is 13.1. The van der Waals surface area contributed by atoms with Gasteiger partial charge in [0.1, 0.15) is 11.7 Å². The second-order valence-corrected chi connectivity index (χ2v) is 5.89. The number of amides is 1. The Morgan fingerprint density at radius 3 is 2.79 bits per heavy atom. The van der Waals surface area contributed by atoms with Crippen LogP contribution in [0.2, 0.25) is 5.02 Å². The molecule has 1 aromatic heterocycles. The third-order valence-electron chi connectivity index (χ3n) is 3.72. The summed E-state index contributed by atoms with van der Waals surface area (Å²) in [7, 11) is 0. The molecule has 3 rings (SSSR count). The standard InChI is InChI=1S/C19H15ClN2O2/c1-2-3-12-4-6-15(10-17(12)20)22-19(23)13-5-7-18-14(8-13)9-16(11-21)24-18/h4-10H,2-3H2,1H3,(H,22,23). The van der Waals surface area contributed by atoms with E-state index in [-0.39, 0.29) is 11.7 Å². The molecule has 5 heteroatoms. The lowest BCUT2D eigenvalue weighted by Crippen LogP contribution is -2.11. The van der Waals surface area contributed by atoms with E-state index < -0.39 is 0 Å². The van der Waals surface area contributed by atoms with Crippen LogP contribution in [0.4, 0.5) is 5.69 Å². The number of halogens is 1. The van der Waals surface area contributed by atoms with Crippen molar-refractivity contribution in [1.29, 1.82) is 5.26 Å². The van der Waals surface area contributed by atoms with Crippen molar-refractivity contribution in [3.8, 4) is 6.07 Å². The van der Waals surface area contributed by atoms with Crippen molar-refractivity contribution in [3.63, 3.8) is 0 Å². The Morgan fingerprint density at radius 1 is 1.25 bits per heavy atom. The summed E-state index contributed by atoms with van der Waals surface area (Å²) >= 11 is 6.24. The van der Waals surface area contributed by atoms with E-state index >= 15 is 0 Å². The molecule has 0 unspecified atom stereocenters. The van der Waals surface area contributed by atoms with Gasteiger partial charge in [-0.2, -0.15) is 5.26 Å². The predicted octanol–water partition coefficient (Wildman–Crippen LogP) is 5.16. The van der Waals surface area contributed by atoms with E-state index in [1.54, 1.807) is 30.3 Å². The molecule has 120 valence electrons. The van der Waals surface area contributed by atoms with Gasteiger partial charge >= 0.3 is 0 Å². The molecular formula is C19H15ClN2O2. The highest BCUT2D eigenvalue weighted by Gasteiger charge is 2.10. The first-order valence-corrected chi connectivity index (χ1v) is 8.02. The van der Waals surface area contributed by atoms with Gasteiger partial charge in [-0.05, 0) is 42.3 Å². The van der Waals surface area contributed by atoms with Gasteiger partial charge in [0, 0.05) is 27.7 Å². The van der Waals surface area contributed by atoms with Gasteiger partial charge in [-0.25, -0.2) is 0 Å². The van der Waals surface area contributed by atoms with Gasteiger partial charge in [-0.3, -0.25) is 4.79 Å². The summed E-state index contributed by atoms with van der Waals surface area (Å²) in [5, 5.41) is 13.1. The number of rotatable bonds is 4. The summed E-state index contributed by atoms with van der Waals surface area (Å²) in [6.45, 7) is 2.09. The number of hydrogen-bond acceptors (Lipinski definition) is 3. The molecule has 3 aromatic rings. The predicted molar refractivity (Wildman–Crippen MR) is 94.3 cm³/mol. The van der Waals surface area contributed by atoms with Crippen molar-refractivity contribution in [2.45, 2.75) is 19.8 Å². The van der Waals surface area contributed by atoms with Crippen LogP contribution in [0.1, 0.15) is 35.0 Å². The quantitative estimate of drug-likeness (QED) is 0.714. The molecule has 1 heterocycles. The van der Waals surface area contributed by atoms with Crippen molar-refractivity contribution in [1.82, 2.24) is 0 Å². The maximum absolute atomic E-state index is 12.4. The summed E-state index contributed by atoms with van der Waals surface area (Å²) < 4.78 is 5.31. The van der Waals surface area contributed by atoms with Crippen LogP contribution in [0.15, 0.2) is 46.9 Å². The lowest BCUT2D eigenvalue weighted by molar-refractivity contribution is 0.102. The maximum Gasteiger partial charge on any atom is 0.255 e. The van der Waals surface area contributed by atoms with Gasteiger partial charge < -0.3 is 9.73 Å². The molecule has 2 aromatic carbocycles. The van der Waals surface area contributed by atoms with Crippen molar-refractivity contribution >= 4 is 34.2 Å². The van der Waals surface area contributed by atoms with E-state index in [1.165, 1.54) is 0 Å². The van der Waals surface area contributed by atoms with E-state index in [0.717, 1.165) is 23.8 Å². The molecule has 0 aliphatic rings. The Hall–Kier alpha value is -2.77. The summed E-state index contributed by atoms with van der Waals surface area (Å²) in [5.41, 5.74) is 2.78. The Kier molecular flexibility index (Phi) is 4.54. The minimum absolute atomic E-state index is 0.223. The van der Waals surface area contributed by atoms with E-state index in [4.69, 9.17) is 21.3 Å². The second-order valence-electron chi connectivity index (χ2n) is 5.49. The van der Waals surface area contributed by atoms with E-state index in [0.29, 0.717) is 21.9 Å². The van der Waals surface area contributed by atoms with E-state index in [1.807, 2.05) is 18.2 Å². The van der Waals surface area contributed by atoms with Crippen molar-refractivity contribution in [2.24, 2.45) is 0 Å². The summed E-state index contributed by atoms with van der Waals surface area (Å²) in [4.78, 5) is 12.4. The van der Waals surface area contributed by atoms with E-state index in [2.05, 4.69) is 12.2 Å². The largest absolute Gasteiger partial charge is 0.446 e. The Bertz CT molecular complexity index is 954. The summed E-state index contributed by atoms with van der Waals surface area (Å²) in [6.07, 6.45) is 1.92. The molecule has 1 amide bonds. The minimum Gasteiger partial charge on any atom is -0.446 e. The first-order chi connectivity index (χ1) is 11.6. The third-order valence-corrected chi connectivity index (χ3v) is 4.07. The fourth-order valence-electron chi connectivity index (χ4n) is 2.54. The summed E-state index contributed by atoms with van der Waals surface area (Å²) in [5.74, 6) is -0.0169. The van der Waals surface area contributed by atoms with Gasteiger partial charge in [0.25, 0.3) is 5.91 Å². The highest BCUT2D eigenvalue weighted by molar-refractivity contribution is 6.31. The fraction of sp³-hybridized carbons (Fsp3) is 0.158. The van der Waals surface area contributed by atoms with Gasteiger partial charge in [0.05, 0.1) is 0 Å². The van der Waals surface area contributed by atoms with Crippen LogP contribution < -0.4 is 5.32 Å². The van der Waals surface area contributed by atoms with Crippen LogP contribution in [0.3, 0.4) is 0 Å². The molecule has 0 saturated carbocycles. The van der Waals surface area contributed by atoms with Crippen LogP contribution in [-0.2, 0) is 6.42 Å². The van der Waals surface area contributed by atoms with Crippen LogP contribution >= 0.6 is 11.6 Å². The zero-order chi connectivity index (χ0) is 17.1. The molecule has 24 heavy (non-hydrogen) atoms. The smallest absolute Gasteiger partial charge is 0.255 e. The highest BCUT2D eigenvalue weighted by atomic mass is 35.5. The van der Waals surface area contributed by atoms with Gasteiger partial charge in [-0.15, -0.1) is 0 Å². The highest BCUT2D eigenvalue weighted by Crippen LogP contribution is 2.24. The molecule has 0 atom stereocenters. The number of carbonyl (C=O) groups excluding carboxylic acids is 1. The van der Waals surface area contributed by atoms with Crippen LogP contribution in [0.5, 0.6) is 0 Å². The monoisotopic (exact) mass is 338 g/mol. The Balaban J connectivity index is 1.82. The number of furan rings is 1. The second kappa shape index (κ2) is 6.77. The van der Waals surface area contributed by atoms with Crippen molar-refractivity contribution < 1.29 is 9.21 Å². The zero-order valence-corrected chi connectivity index (χ0v) is 13.9. The number of hydrogen-bond donors (Lipinski definition) is 1. The number of carbonyl (C=O) groups is 1. The van der Waals surface area contributed by atoms with Crippen LogP contribution in [-0.4, -0.2) is 5.91 Å². The minimum atomic E-state index is -0.240. The molecule has 1 N–H and O–H groups in total. The van der Waals surface area contributed by atoms with Crippen LogP contribution in [0.25, 0.3) is 11.0 Å². The number of anilines is 1. The normalized spacial score (nSPS) is 10.5. The summed E-state index contributed by atoms with van der Waals surface area (Å²) in [6, 6.07) is 14.1. The van der Waals surface area contributed by atoms with Gasteiger partial charge in [-0.1, -0.05) is 31.0 Å². The third kappa shape index (κ3) is 3.27. The SMILES string of the molecule is CCCc1ccc(NC(=O)c2ccc3oc(C#N)cc3c2)cc1Cl. The van der Waals surface area contributed by atoms with Crippen molar-refractivity contribution in [2.75, 3.05) is 5.32 Å². The fourth-order valence-corrected chi connectivity index (χ4v) is 2.82. The average Bonchev–Trinajstić information content (AvgIpc) is 2.99. The van der Waals surface area contributed by atoms with Gasteiger partial charge in [0.15, 0.2) is 0 Å².